The fraction of sp³-hybridized carbons (Fsp3) is 0.517. The molecule has 3 rings (SSSR count). The van der Waals surface area contributed by atoms with E-state index in [4.69, 9.17) is 4.74 Å². The molecule has 0 spiro atoms. The number of hydrogen-bond acceptors (Lipinski definition) is 5. The van der Waals surface area contributed by atoms with Crippen molar-refractivity contribution in [3.8, 4) is 5.75 Å². The van der Waals surface area contributed by atoms with Crippen molar-refractivity contribution in [1.29, 1.82) is 0 Å². The third-order valence-corrected chi connectivity index (χ3v) is 7.06. The molecule has 3 atom stereocenters. The number of anilines is 1. The minimum absolute atomic E-state index is 0.132. The Labute approximate surface area is 240 Å². The summed E-state index contributed by atoms with van der Waals surface area (Å²) in [5, 5.41) is 12.2. The lowest BCUT2D eigenvalue weighted by Gasteiger charge is -2.34. The number of likely N-dealkylation sites (N-methyl/N-ethyl adjacent to an activating group) is 1. The summed E-state index contributed by atoms with van der Waals surface area (Å²) in [6.07, 6.45) is -11.5. The van der Waals surface area contributed by atoms with Crippen LogP contribution < -0.4 is 10.1 Å². The van der Waals surface area contributed by atoms with E-state index in [0.29, 0.717) is 30.0 Å². The first-order valence-electron chi connectivity index (χ1n) is 13.5. The van der Waals surface area contributed by atoms with Crippen LogP contribution in [0.4, 0.5) is 32.0 Å². The van der Waals surface area contributed by atoms with Crippen molar-refractivity contribution in [2.45, 2.75) is 64.2 Å². The second-order valence-corrected chi connectivity index (χ2v) is 10.8. The first-order chi connectivity index (χ1) is 19.6. The molecule has 2 aromatic carbocycles. The van der Waals surface area contributed by atoms with E-state index in [9.17, 15) is 41.0 Å². The molecule has 0 saturated carbocycles. The van der Waals surface area contributed by atoms with Crippen LogP contribution in [0.1, 0.15) is 43.4 Å². The first-order valence-corrected chi connectivity index (χ1v) is 13.5. The van der Waals surface area contributed by atoms with Gasteiger partial charge in [0.25, 0.3) is 0 Å². The molecule has 0 fully saturated rings. The molecule has 0 unspecified atom stereocenters. The molecule has 13 heteroatoms. The molecule has 1 aliphatic rings. The van der Waals surface area contributed by atoms with Gasteiger partial charge in [0.1, 0.15) is 11.9 Å². The third kappa shape index (κ3) is 9.62. The van der Waals surface area contributed by atoms with Gasteiger partial charge < -0.3 is 20.1 Å². The number of fused-ring (bicyclic) bond motifs is 1. The van der Waals surface area contributed by atoms with Crippen molar-refractivity contribution < 1.29 is 45.8 Å². The maximum Gasteiger partial charge on any atom is 0.416 e. The van der Waals surface area contributed by atoms with E-state index in [1.807, 2.05) is 11.8 Å². The number of halogens is 6. The monoisotopic (exact) mass is 603 g/mol. The molecule has 2 aromatic rings. The number of ether oxygens (including phenoxy) is 1. The van der Waals surface area contributed by atoms with Gasteiger partial charge in [0.05, 0.1) is 31.1 Å². The van der Waals surface area contributed by atoms with Gasteiger partial charge in [-0.15, -0.1) is 0 Å². The van der Waals surface area contributed by atoms with Gasteiger partial charge >= 0.3 is 12.4 Å². The number of alkyl halides is 6. The van der Waals surface area contributed by atoms with Crippen molar-refractivity contribution in [2.24, 2.45) is 5.92 Å². The second-order valence-electron chi connectivity index (χ2n) is 10.8. The number of nitrogens with one attached hydrogen (secondary N) is 1. The SMILES string of the molecule is C[C@H](CO)N1C[C@H](C)[C@@H](CN(C)Cc2ccc(C(F)(F)F)cc2)Oc2ccc(NC(=O)CCC(F)(F)F)cc2CC1=O. The summed E-state index contributed by atoms with van der Waals surface area (Å²) < 4.78 is 82.7. The molecule has 232 valence electrons. The number of aliphatic hydroxyl groups is 1. The minimum Gasteiger partial charge on any atom is -0.488 e. The molecular weight excluding hydrogens is 568 g/mol. The van der Waals surface area contributed by atoms with Gasteiger partial charge in [-0.2, -0.15) is 26.3 Å². The maximum atomic E-state index is 13.3. The molecule has 0 bridgehead atoms. The zero-order chi connectivity index (χ0) is 31.2. The Bertz CT molecular complexity index is 1220. The van der Waals surface area contributed by atoms with E-state index in [1.165, 1.54) is 24.3 Å². The molecule has 0 saturated heterocycles. The fourth-order valence-corrected chi connectivity index (χ4v) is 4.69. The summed E-state index contributed by atoms with van der Waals surface area (Å²) in [6.45, 7) is 4.24. The van der Waals surface area contributed by atoms with Gasteiger partial charge in [-0.1, -0.05) is 19.1 Å². The standard InChI is InChI=1S/C29H35F6N3O4/c1-18-14-38(19(2)17-39)27(41)13-21-12-23(36-26(40)10-11-28(30,31)32)8-9-24(21)42-25(18)16-37(3)15-20-4-6-22(7-5-20)29(33,34)35/h4-9,12,18-19,25,39H,10-11,13-17H2,1-3H3,(H,36,40)/t18-,19+,25+/m0/s1. The van der Waals surface area contributed by atoms with E-state index in [1.54, 1.807) is 24.9 Å². The van der Waals surface area contributed by atoms with Crippen molar-refractivity contribution in [1.82, 2.24) is 9.80 Å². The fourth-order valence-electron chi connectivity index (χ4n) is 4.69. The number of aliphatic hydroxyl groups excluding tert-OH is 1. The van der Waals surface area contributed by atoms with Gasteiger partial charge in [0, 0.05) is 43.2 Å². The molecule has 2 amide bonds. The van der Waals surface area contributed by atoms with E-state index in [2.05, 4.69) is 5.32 Å². The summed E-state index contributed by atoms with van der Waals surface area (Å²) in [6, 6.07) is 8.88. The zero-order valence-electron chi connectivity index (χ0n) is 23.6. The van der Waals surface area contributed by atoms with Crippen LogP contribution in [0.25, 0.3) is 0 Å². The Balaban J connectivity index is 1.83. The van der Waals surface area contributed by atoms with E-state index in [-0.39, 0.29) is 37.1 Å². The van der Waals surface area contributed by atoms with Crippen LogP contribution >= 0.6 is 0 Å². The van der Waals surface area contributed by atoms with Crippen LogP contribution in [0.2, 0.25) is 0 Å². The number of hydrogen-bond donors (Lipinski definition) is 2. The Morgan fingerprint density at radius 3 is 2.40 bits per heavy atom. The van der Waals surface area contributed by atoms with Crippen molar-refractivity contribution >= 4 is 17.5 Å². The number of amides is 2. The van der Waals surface area contributed by atoms with Crippen molar-refractivity contribution in [3.63, 3.8) is 0 Å². The number of rotatable bonds is 9. The second kappa shape index (κ2) is 13.8. The summed E-state index contributed by atoms with van der Waals surface area (Å²) in [5.74, 6) is -0.998. The summed E-state index contributed by atoms with van der Waals surface area (Å²) in [7, 11) is 1.79. The predicted octanol–water partition coefficient (Wildman–Crippen LogP) is 5.27. The van der Waals surface area contributed by atoms with E-state index >= 15 is 0 Å². The number of carbonyl (C=O) groups excluding carboxylic acids is 2. The van der Waals surface area contributed by atoms with E-state index in [0.717, 1.165) is 12.1 Å². The summed E-state index contributed by atoms with van der Waals surface area (Å²) in [5.41, 5.74) is 0.547. The van der Waals surface area contributed by atoms with Crippen LogP contribution in [0.5, 0.6) is 5.75 Å². The zero-order valence-corrected chi connectivity index (χ0v) is 23.6. The van der Waals surface area contributed by atoms with Gasteiger partial charge in [-0.25, -0.2) is 0 Å². The molecule has 1 heterocycles. The molecule has 2 N–H and O–H groups in total. The predicted molar refractivity (Wildman–Crippen MR) is 144 cm³/mol. The highest BCUT2D eigenvalue weighted by Gasteiger charge is 2.32. The van der Waals surface area contributed by atoms with Crippen LogP contribution in [-0.4, -0.2) is 71.8 Å². The van der Waals surface area contributed by atoms with Crippen molar-refractivity contribution in [3.05, 3.63) is 59.2 Å². The van der Waals surface area contributed by atoms with Gasteiger partial charge in [0.2, 0.25) is 11.8 Å². The van der Waals surface area contributed by atoms with E-state index < -0.39 is 48.8 Å². The number of benzene rings is 2. The minimum atomic E-state index is -4.47. The van der Waals surface area contributed by atoms with Crippen LogP contribution in [0, 0.1) is 5.92 Å². The number of nitrogens with zero attached hydrogens (tertiary/aromatic N) is 2. The molecule has 0 radical (unpaired) electrons. The van der Waals surface area contributed by atoms with Gasteiger partial charge in [-0.3, -0.25) is 14.5 Å². The largest absolute Gasteiger partial charge is 0.488 e. The van der Waals surface area contributed by atoms with Gasteiger partial charge in [-0.05, 0) is 49.9 Å². The third-order valence-electron chi connectivity index (χ3n) is 7.06. The summed E-state index contributed by atoms with van der Waals surface area (Å²) in [4.78, 5) is 28.8. The Morgan fingerprint density at radius 2 is 1.81 bits per heavy atom. The molecular formula is C29H35F6N3O4. The van der Waals surface area contributed by atoms with Crippen LogP contribution in [0.3, 0.4) is 0 Å². The average molecular weight is 604 g/mol. The lowest BCUT2D eigenvalue weighted by atomic mass is 10.0. The highest BCUT2D eigenvalue weighted by molar-refractivity contribution is 5.91. The highest BCUT2D eigenvalue weighted by atomic mass is 19.4. The molecule has 1 aliphatic heterocycles. The first kappa shape index (κ1) is 33.2. The molecule has 7 nitrogen and oxygen atoms in total. The summed E-state index contributed by atoms with van der Waals surface area (Å²) >= 11 is 0. The maximum absolute atomic E-state index is 13.3. The van der Waals surface area contributed by atoms with Crippen molar-refractivity contribution in [2.75, 3.05) is 32.1 Å². The molecule has 0 aromatic heterocycles. The van der Waals surface area contributed by atoms with Gasteiger partial charge in [0.15, 0.2) is 0 Å². The Hall–Kier alpha value is -3.32. The number of carbonyl (C=O) groups is 2. The quantitative estimate of drug-likeness (QED) is 0.382. The topological polar surface area (TPSA) is 82.1 Å². The Kier molecular flexibility index (Phi) is 10.9. The average Bonchev–Trinajstić information content (AvgIpc) is 2.94. The van der Waals surface area contributed by atoms with Crippen LogP contribution in [-0.2, 0) is 28.7 Å². The lowest BCUT2D eigenvalue weighted by Crippen LogP contribution is -2.47. The Morgan fingerprint density at radius 1 is 1.14 bits per heavy atom. The molecule has 42 heavy (non-hydrogen) atoms. The smallest absolute Gasteiger partial charge is 0.416 e. The lowest BCUT2D eigenvalue weighted by molar-refractivity contribution is -0.142. The molecule has 0 aliphatic carbocycles. The highest BCUT2D eigenvalue weighted by Crippen LogP contribution is 2.31. The van der Waals surface area contributed by atoms with Crippen LogP contribution in [0.15, 0.2) is 42.5 Å². The normalized spacial score (nSPS) is 18.9.